The van der Waals surface area contributed by atoms with E-state index in [1.54, 1.807) is 12.1 Å². The van der Waals surface area contributed by atoms with E-state index in [4.69, 9.17) is 11.6 Å². The van der Waals surface area contributed by atoms with Gasteiger partial charge in [-0.25, -0.2) is 0 Å². The first-order valence-electron chi connectivity index (χ1n) is 4.98. The fourth-order valence-corrected chi connectivity index (χ4v) is 1.97. The second-order valence-electron chi connectivity index (χ2n) is 3.99. The third-order valence-corrected chi connectivity index (χ3v) is 3.71. The van der Waals surface area contributed by atoms with Crippen LogP contribution in [0.5, 0.6) is 0 Å². The molecule has 0 spiro atoms. The van der Waals surface area contributed by atoms with E-state index < -0.39 is 0 Å². The van der Waals surface area contributed by atoms with Crippen molar-refractivity contribution in [1.29, 1.82) is 0 Å². The minimum atomic E-state index is -0.346. The van der Waals surface area contributed by atoms with E-state index in [0.29, 0.717) is 17.9 Å². The van der Waals surface area contributed by atoms with Gasteiger partial charge in [-0.05, 0) is 41.0 Å². The Morgan fingerprint density at radius 2 is 2.12 bits per heavy atom. The van der Waals surface area contributed by atoms with Crippen molar-refractivity contribution in [3.05, 3.63) is 37.4 Å². The number of hydrogen-bond donors (Lipinski definition) is 0. The van der Waals surface area contributed by atoms with Crippen LogP contribution in [0.15, 0.2) is 18.2 Å². The fourth-order valence-electron chi connectivity index (χ4n) is 1.33. The molecule has 1 atom stereocenters. The van der Waals surface area contributed by atoms with Crippen LogP contribution in [0.3, 0.4) is 0 Å². The van der Waals surface area contributed by atoms with Gasteiger partial charge < -0.3 is 0 Å². The number of alkyl halides is 1. The summed E-state index contributed by atoms with van der Waals surface area (Å²) < 4.78 is 0.865. The first-order valence-corrected chi connectivity index (χ1v) is 6.50. The van der Waals surface area contributed by atoms with Gasteiger partial charge in [0.1, 0.15) is 0 Å². The molecule has 0 radical (unpaired) electrons. The summed E-state index contributed by atoms with van der Waals surface area (Å²) in [5.41, 5.74) is 0.873. The quantitative estimate of drug-likeness (QED) is 0.355. The highest BCUT2D eigenvalue weighted by Gasteiger charge is 2.18. The lowest BCUT2D eigenvalue weighted by Crippen LogP contribution is -2.12. The molecular formula is C11H13ClINO2. The normalized spacial score (nSPS) is 12.8. The molecule has 88 valence electrons. The van der Waals surface area contributed by atoms with E-state index in [0.717, 1.165) is 3.57 Å². The Balaban J connectivity index is 2.99. The largest absolute Gasteiger partial charge is 0.273 e. The van der Waals surface area contributed by atoms with E-state index in [9.17, 15) is 10.1 Å². The van der Waals surface area contributed by atoms with Gasteiger partial charge in [-0.15, -0.1) is 11.6 Å². The molecule has 0 aromatic heterocycles. The van der Waals surface area contributed by atoms with E-state index in [1.807, 2.05) is 19.9 Å². The molecule has 1 rings (SSSR count). The van der Waals surface area contributed by atoms with Gasteiger partial charge in [-0.3, -0.25) is 10.1 Å². The minimum absolute atomic E-state index is 0.0706. The van der Waals surface area contributed by atoms with Gasteiger partial charge in [0.15, 0.2) is 0 Å². The average Bonchev–Trinajstić information content (AvgIpc) is 2.20. The first kappa shape index (κ1) is 13.7. The zero-order valence-corrected chi connectivity index (χ0v) is 12.0. The summed E-state index contributed by atoms with van der Waals surface area (Å²) in [5.74, 6) is 0.306. The van der Waals surface area contributed by atoms with Crippen LogP contribution in [0.25, 0.3) is 0 Å². The molecule has 5 heteroatoms. The Bertz CT molecular complexity index is 396. The van der Waals surface area contributed by atoms with Gasteiger partial charge >= 0.3 is 0 Å². The molecule has 1 aromatic carbocycles. The third kappa shape index (κ3) is 3.59. The summed E-state index contributed by atoms with van der Waals surface area (Å²) in [6.45, 7) is 4.02. The summed E-state index contributed by atoms with van der Waals surface area (Å²) in [4.78, 5) is 10.5. The maximum absolute atomic E-state index is 10.9. The standard InChI is InChI=1S/C11H13ClINO2/c1-7(2)10(12)5-8-3-4-9(13)6-11(8)14(15)16/h3-4,6-7,10H,5H2,1-2H3. The molecule has 0 bridgehead atoms. The molecule has 16 heavy (non-hydrogen) atoms. The van der Waals surface area contributed by atoms with Crippen LogP contribution in [-0.4, -0.2) is 10.3 Å². The first-order chi connectivity index (χ1) is 7.41. The second kappa shape index (κ2) is 5.82. The molecule has 0 saturated heterocycles. The van der Waals surface area contributed by atoms with Crippen LogP contribution >= 0.6 is 34.2 Å². The highest BCUT2D eigenvalue weighted by atomic mass is 127. The van der Waals surface area contributed by atoms with Crippen molar-refractivity contribution < 1.29 is 4.92 Å². The Hall–Kier alpha value is -0.360. The molecule has 0 aliphatic carbocycles. The summed E-state index contributed by atoms with van der Waals surface area (Å²) in [7, 11) is 0. The van der Waals surface area contributed by atoms with Crippen LogP contribution in [0, 0.1) is 19.6 Å². The average molecular weight is 354 g/mol. The van der Waals surface area contributed by atoms with Gasteiger partial charge in [-0.1, -0.05) is 19.9 Å². The lowest BCUT2D eigenvalue weighted by atomic mass is 10.0. The van der Waals surface area contributed by atoms with Crippen LogP contribution in [0.2, 0.25) is 0 Å². The van der Waals surface area contributed by atoms with Crippen molar-refractivity contribution in [3.63, 3.8) is 0 Å². The van der Waals surface area contributed by atoms with Gasteiger partial charge in [-0.2, -0.15) is 0 Å². The Morgan fingerprint density at radius 3 is 2.62 bits per heavy atom. The predicted molar refractivity (Wildman–Crippen MR) is 74.0 cm³/mol. The van der Waals surface area contributed by atoms with Crippen LogP contribution < -0.4 is 0 Å². The molecule has 0 aliphatic heterocycles. The molecule has 3 nitrogen and oxygen atoms in total. The minimum Gasteiger partial charge on any atom is -0.258 e. The summed E-state index contributed by atoms with van der Waals surface area (Å²) in [5, 5.41) is 10.8. The molecule has 0 N–H and O–H groups in total. The van der Waals surface area contributed by atoms with E-state index in [2.05, 4.69) is 22.6 Å². The summed E-state index contributed by atoms with van der Waals surface area (Å²) >= 11 is 8.21. The molecule has 1 unspecified atom stereocenters. The summed E-state index contributed by atoms with van der Waals surface area (Å²) in [6.07, 6.45) is 0.534. The van der Waals surface area contributed by atoms with Crippen LogP contribution in [0.4, 0.5) is 5.69 Å². The van der Waals surface area contributed by atoms with E-state index >= 15 is 0 Å². The van der Waals surface area contributed by atoms with Crippen molar-refractivity contribution in [2.45, 2.75) is 25.6 Å². The van der Waals surface area contributed by atoms with Gasteiger partial charge in [0.25, 0.3) is 5.69 Å². The van der Waals surface area contributed by atoms with E-state index in [1.165, 1.54) is 0 Å². The molecule has 1 aromatic rings. The fraction of sp³-hybridized carbons (Fsp3) is 0.455. The van der Waals surface area contributed by atoms with Gasteiger partial charge in [0.2, 0.25) is 0 Å². The van der Waals surface area contributed by atoms with Crippen molar-refractivity contribution in [3.8, 4) is 0 Å². The lowest BCUT2D eigenvalue weighted by molar-refractivity contribution is -0.385. The monoisotopic (exact) mass is 353 g/mol. The van der Waals surface area contributed by atoms with Crippen LogP contribution in [-0.2, 0) is 6.42 Å². The maximum atomic E-state index is 10.9. The number of nitrogens with zero attached hydrogens (tertiary/aromatic N) is 1. The molecule has 0 amide bonds. The number of halogens is 2. The number of hydrogen-bond acceptors (Lipinski definition) is 2. The van der Waals surface area contributed by atoms with Gasteiger partial charge in [0, 0.05) is 20.6 Å². The number of rotatable bonds is 4. The smallest absolute Gasteiger partial charge is 0.258 e. The van der Waals surface area contributed by atoms with Crippen molar-refractivity contribution in [2.75, 3.05) is 0 Å². The molecule has 0 aliphatic rings. The van der Waals surface area contributed by atoms with Crippen molar-refractivity contribution in [1.82, 2.24) is 0 Å². The Kier molecular flexibility index (Phi) is 4.98. The zero-order chi connectivity index (χ0) is 12.3. The van der Waals surface area contributed by atoms with Crippen LogP contribution in [0.1, 0.15) is 19.4 Å². The second-order valence-corrected chi connectivity index (χ2v) is 5.80. The number of nitro benzene ring substituents is 1. The third-order valence-electron chi connectivity index (χ3n) is 2.38. The topological polar surface area (TPSA) is 43.1 Å². The van der Waals surface area contributed by atoms with Crippen molar-refractivity contribution in [2.24, 2.45) is 5.92 Å². The Labute approximate surface area is 113 Å². The molecular weight excluding hydrogens is 340 g/mol. The molecule has 0 saturated carbocycles. The SMILES string of the molecule is CC(C)C(Cl)Cc1ccc(I)cc1[N+](=O)[O-]. The highest BCUT2D eigenvalue weighted by Crippen LogP contribution is 2.25. The van der Waals surface area contributed by atoms with Gasteiger partial charge in [0.05, 0.1) is 4.92 Å². The number of nitro groups is 1. The predicted octanol–water partition coefficient (Wildman–Crippen LogP) is 4.01. The highest BCUT2D eigenvalue weighted by molar-refractivity contribution is 14.1. The van der Waals surface area contributed by atoms with E-state index in [-0.39, 0.29) is 16.0 Å². The maximum Gasteiger partial charge on any atom is 0.273 e. The molecule has 0 fully saturated rings. The lowest BCUT2D eigenvalue weighted by Gasteiger charge is -2.13. The summed E-state index contributed by atoms with van der Waals surface area (Å²) in [6, 6.07) is 5.24. The van der Waals surface area contributed by atoms with Crippen molar-refractivity contribution >= 4 is 39.9 Å². The number of benzene rings is 1. The molecule has 0 heterocycles. The Morgan fingerprint density at radius 1 is 1.50 bits per heavy atom. The zero-order valence-electron chi connectivity index (χ0n) is 9.11.